The number of hydrogen-bond acceptors (Lipinski definition) is 5. The lowest BCUT2D eigenvalue weighted by Gasteiger charge is -2.12. The molecule has 0 aromatic heterocycles. The normalized spacial score (nSPS) is 10.6. The number of nitrogens with one attached hydrogen (secondary N) is 1. The van der Waals surface area contributed by atoms with E-state index >= 15 is 0 Å². The van der Waals surface area contributed by atoms with Crippen LogP contribution in [0.25, 0.3) is 0 Å². The molecule has 0 aliphatic carbocycles. The van der Waals surface area contributed by atoms with E-state index in [1.807, 2.05) is 0 Å². The van der Waals surface area contributed by atoms with Crippen molar-refractivity contribution >= 4 is 16.3 Å². The van der Waals surface area contributed by atoms with E-state index in [1.165, 1.54) is 0 Å². The molecule has 0 bridgehead atoms. The standard InChI is InChI=1S/C5H9N3O4S/c1-8(4-3-6)13(10,11)7-5(9)12-2/h4H2,1-2H3,(H,7,9). The summed E-state index contributed by atoms with van der Waals surface area (Å²) in [6, 6.07) is 1.62. The van der Waals surface area contributed by atoms with E-state index in [4.69, 9.17) is 5.26 Å². The number of nitriles is 1. The van der Waals surface area contributed by atoms with Crippen molar-refractivity contribution in [3.63, 3.8) is 0 Å². The van der Waals surface area contributed by atoms with Gasteiger partial charge in [-0.25, -0.2) is 9.52 Å². The summed E-state index contributed by atoms with van der Waals surface area (Å²) in [6.07, 6.45) is -1.09. The number of nitrogens with zero attached hydrogens (tertiary/aromatic N) is 2. The van der Waals surface area contributed by atoms with Gasteiger partial charge in [-0.2, -0.15) is 18.0 Å². The van der Waals surface area contributed by atoms with E-state index in [-0.39, 0.29) is 6.54 Å². The first-order chi connectivity index (χ1) is 5.94. The monoisotopic (exact) mass is 207 g/mol. The molecular formula is C5H9N3O4S. The lowest BCUT2D eigenvalue weighted by Crippen LogP contribution is -2.41. The Morgan fingerprint density at radius 2 is 2.23 bits per heavy atom. The lowest BCUT2D eigenvalue weighted by molar-refractivity contribution is 0.177. The number of carbonyl (C=O) groups excluding carboxylic acids is 1. The molecule has 0 saturated carbocycles. The lowest BCUT2D eigenvalue weighted by atomic mass is 10.7. The van der Waals surface area contributed by atoms with E-state index in [0.29, 0.717) is 4.31 Å². The highest BCUT2D eigenvalue weighted by Crippen LogP contribution is 1.92. The number of rotatable bonds is 3. The Morgan fingerprint density at radius 3 is 2.62 bits per heavy atom. The van der Waals surface area contributed by atoms with Crippen LogP contribution in [0.15, 0.2) is 0 Å². The summed E-state index contributed by atoms with van der Waals surface area (Å²) in [5.41, 5.74) is 0. The van der Waals surface area contributed by atoms with Crippen LogP contribution in [-0.4, -0.2) is 39.5 Å². The van der Waals surface area contributed by atoms with Gasteiger partial charge in [0.25, 0.3) is 0 Å². The summed E-state index contributed by atoms with van der Waals surface area (Å²) >= 11 is 0. The average molecular weight is 207 g/mol. The fourth-order valence-electron chi connectivity index (χ4n) is 0.409. The van der Waals surface area contributed by atoms with Crippen molar-refractivity contribution in [2.45, 2.75) is 0 Å². The fourth-order valence-corrected chi connectivity index (χ4v) is 1.09. The number of hydrogen-bond donors (Lipinski definition) is 1. The molecule has 0 fully saturated rings. The van der Waals surface area contributed by atoms with Crippen molar-refractivity contribution in [1.29, 1.82) is 5.26 Å². The molecule has 0 aromatic carbocycles. The van der Waals surface area contributed by atoms with Crippen molar-refractivity contribution < 1.29 is 17.9 Å². The van der Waals surface area contributed by atoms with Crippen LogP contribution in [0.2, 0.25) is 0 Å². The molecule has 7 nitrogen and oxygen atoms in total. The first kappa shape index (κ1) is 11.7. The zero-order chi connectivity index (χ0) is 10.5. The third kappa shape index (κ3) is 3.73. The second-order valence-corrected chi connectivity index (χ2v) is 3.79. The van der Waals surface area contributed by atoms with Crippen LogP contribution in [0.3, 0.4) is 0 Å². The third-order valence-electron chi connectivity index (χ3n) is 1.10. The minimum atomic E-state index is -3.95. The second kappa shape index (κ2) is 4.64. The van der Waals surface area contributed by atoms with Crippen LogP contribution in [0, 0.1) is 11.3 Å². The van der Waals surface area contributed by atoms with Crippen LogP contribution >= 0.6 is 0 Å². The molecule has 0 aliphatic heterocycles. The van der Waals surface area contributed by atoms with E-state index in [0.717, 1.165) is 14.2 Å². The summed E-state index contributed by atoms with van der Waals surface area (Å²) in [7, 11) is -1.75. The summed E-state index contributed by atoms with van der Waals surface area (Å²) in [6.45, 7) is -0.341. The molecule has 0 saturated heterocycles. The molecule has 1 amide bonds. The summed E-state index contributed by atoms with van der Waals surface area (Å²) in [5.74, 6) is 0. The van der Waals surface area contributed by atoms with Crippen LogP contribution in [-0.2, 0) is 14.9 Å². The van der Waals surface area contributed by atoms with Gasteiger partial charge < -0.3 is 4.74 Å². The molecule has 0 aliphatic rings. The van der Waals surface area contributed by atoms with E-state index in [9.17, 15) is 13.2 Å². The molecule has 74 valence electrons. The fraction of sp³-hybridized carbons (Fsp3) is 0.600. The maximum absolute atomic E-state index is 11.1. The van der Waals surface area contributed by atoms with Gasteiger partial charge >= 0.3 is 16.3 Å². The van der Waals surface area contributed by atoms with Gasteiger partial charge in [0.15, 0.2) is 0 Å². The number of amides is 1. The molecular weight excluding hydrogens is 198 g/mol. The SMILES string of the molecule is COC(=O)NS(=O)(=O)N(C)CC#N. The highest BCUT2D eigenvalue weighted by molar-refractivity contribution is 7.87. The van der Waals surface area contributed by atoms with Crippen molar-refractivity contribution in [2.75, 3.05) is 20.7 Å². The minimum absolute atomic E-state index is 0.341. The third-order valence-corrected chi connectivity index (χ3v) is 2.48. The van der Waals surface area contributed by atoms with Crippen LogP contribution in [0.1, 0.15) is 0 Å². The van der Waals surface area contributed by atoms with Crippen LogP contribution in [0.4, 0.5) is 4.79 Å². The zero-order valence-electron chi connectivity index (χ0n) is 7.14. The van der Waals surface area contributed by atoms with Gasteiger partial charge in [-0.05, 0) is 0 Å². The molecule has 0 radical (unpaired) electrons. The van der Waals surface area contributed by atoms with Gasteiger partial charge in [-0.3, -0.25) is 0 Å². The Morgan fingerprint density at radius 1 is 1.69 bits per heavy atom. The van der Waals surface area contributed by atoms with Gasteiger partial charge in [0.1, 0.15) is 6.54 Å². The Labute approximate surface area is 76.1 Å². The van der Waals surface area contributed by atoms with E-state index in [1.54, 1.807) is 10.8 Å². The molecule has 0 spiro atoms. The topological polar surface area (TPSA) is 99.5 Å². The molecule has 1 N–H and O–H groups in total. The molecule has 13 heavy (non-hydrogen) atoms. The van der Waals surface area contributed by atoms with Gasteiger partial charge in [0.05, 0.1) is 13.2 Å². The maximum atomic E-state index is 11.1. The predicted octanol–water partition coefficient (Wildman–Crippen LogP) is -0.957. The van der Waals surface area contributed by atoms with Crippen molar-refractivity contribution in [3.05, 3.63) is 0 Å². The van der Waals surface area contributed by atoms with E-state index < -0.39 is 16.3 Å². The summed E-state index contributed by atoms with van der Waals surface area (Å²) in [4.78, 5) is 10.5. The Kier molecular flexibility index (Phi) is 4.16. The van der Waals surface area contributed by atoms with Crippen LogP contribution in [0.5, 0.6) is 0 Å². The Hall–Kier alpha value is -1.33. The van der Waals surface area contributed by atoms with Crippen molar-refractivity contribution in [1.82, 2.24) is 9.03 Å². The molecule has 0 atom stereocenters. The quantitative estimate of drug-likeness (QED) is 0.601. The second-order valence-electron chi connectivity index (χ2n) is 2.01. The first-order valence-corrected chi connectivity index (χ1v) is 4.57. The highest BCUT2D eigenvalue weighted by Gasteiger charge is 2.19. The number of carbonyl (C=O) groups is 1. The zero-order valence-corrected chi connectivity index (χ0v) is 7.96. The first-order valence-electron chi connectivity index (χ1n) is 3.13. The van der Waals surface area contributed by atoms with E-state index in [2.05, 4.69) is 4.74 Å². The maximum Gasteiger partial charge on any atom is 0.421 e. The molecule has 0 rings (SSSR count). The predicted molar refractivity (Wildman–Crippen MR) is 42.7 cm³/mol. The van der Waals surface area contributed by atoms with Gasteiger partial charge in [0.2, 0.25) is 0 Å². The van der Waals surface area contributed by atoms with Crippen molar-refractivity contribution in [3.8, 4) is 6.07 Å². The van der Waals surface area contributed by atoms with Gasteiger partial charge in [-0.15, -0.1) is 0 Å². The Bertz CT molecular complexity index is 317. The van der Waals surface area contributed by atoms with Crippen LogP contribution < -0.4 is 4.72 Å². The Balaban J connectivity index is 4.42. The largest absolute Gasteiger partial charge is 0.452 e. The number of methoxy groups -OCH3 is 1. The smallest absolute Gasteiger partial charge is 0.421 e. The molecule has 8 heteroatoms. The average Bonchev–Trinajstić information content (AvgIpc) is 2.04. The van der Waals surface area contributed by atoms with Gasteiger partial charge in [0, 0.05) is 7.05 Å². The van der Waals surface area contributed by atoms with Crippen molar-refractivity contribution in [2.24, 2.45) is 0 Å². The molecule has 0 unspecified atom stereocenters. The van der Waals surface area contributed by atoms with Gasteiger partial charge in [-0.1, -0.05) is 0 Å². The molecule has 0 aromatic rings. The minimum Gasteiger partial charge on any atom is -0.452 e. The number of ether oxygens (including phenoxy) is 1. The summed E-state index contributed by atoms with van der Waals surface area (Å²) < 4.78 is 28.4. The summed E-state index contributed by atoms with van der Waals surface area (Å²) in [5, 5.41) is 8.19. The molecule has 0 heterocycles. The highest BCUT2D eigenvalue weighted by atomic mass is 32.2.